The highest BCUT2D eigenvalue weighted by molar-refractivity contribution is 7.80. The second-order valence-corrected chi connectivity index (χ2v) is 4.47. The molecule has 0 aliphatic heterocycles. The Morgan fingerprint density at radius 3 is 2.45 bits per heavy atom. The SMILES string of the molecule is O=Cc1cc(OC(F)(F)F)cc(C(O)C(O)CCS)c1. The molecule has 1 rings (SSSR count). The molecule has 0 spiro atoms. The average molecular weight is 310 g/mol. The van der Waals surface area contributed by atoms with Gasteiger partial charge in [0.2, 0.25) is 0 Å². The molecule has 0 radical (unpaired) electrons. The Bertz CT molecular complexity index is 465. The molecule has 1 aromatic carbocycles. The normalized spacial score (nSPS) is 14.7. The van der Waals surface area contributed by atoms with Crippen LogP contribution in [0.1, 0.15) is 28.4 Å². The van der Waals surface area contributed by atoms with Crippen molar-refractivity contribution in [2.45, 2.75) is 25.0 Å². The Labute approximate surface area is 118 Å². The summed E-state index contributed by atoms with van der Waals surface area (Å²) < 4.78 is 40.2. The third-order valence-corrected chi connectivity index (χ3v) is 2.71. The van der Waals surface area contributed by atoms with Gasteiger partial charge in [0.05, 0.1) is 6.10 Å². The molecule has 2 unspecified atom stereocenters. The molecule has 2 atom stereocenters. The summed E-state index contributed by atoms with van der Waals surface area (Å²) in [4.78, 5) is 10.7. The number of rotatable bonds is 6. The summed E-state index contributed by atoms with van der Waals surface area (Å²) in [6, 6.07) is 3.00. The number of thiol groups is 1. The van der Waals surface area contributed by atoms with E-state index in [1.165, 1.54) is 6.07 Å². The summed E-state index contributed by atoms with van der Waals surface area (Å²) in [7, 11) is 0. The van der Waals surface area contributed by atoms with Crippen molar-refractivity contribution in [3.05, 3.63) is 29.3 Å². The fraction of sp³-hybridized carbons (Fsp3) is 0.417. The average Bonchev–Trinajstić information content (AvgIpc) is 2.35. The fourth-order valence-electron chi connectivity index (χ4n) is 1.59. The van der Waals surface area contributed by atoms with Crippen LogP contribution in [0.3, 0.4) is 0 Å². The number of hydrogen-bond donors (Lipinski definition) is 3. The molecule has 0 bridgehead atoms. The summed E-state index contributed by atoms with van der Waals surface area (Å²) >= 11 is 3.88. The number of aliphatic hydroxyl groups is 2. The van der Waals surface area contributed by atoms with Crippen LogP contribution in [0, 0.1) is 0 Å². The summed E-state index contributed by atoms with van der Waals surface area (Å²) in [5.41, 5.74) is -0.137. The number of hydrogen-bond acceptors (Lipinski definition) is 5. The molecule has 0 saturated carbocycles. The molecule has 4 nitrogen and oxygen atoms in total. The van der Waals surface area contributed by atoms with Crippen molar-refractivity contribution in [3.63, 3.8) is 0 Å². The number of benzene rings is 1. The minimum Gasteiger partial charge on any atom is -0.406 e. The van der Waals surface area contributed by atoms with Crippen LogP contribution in [0.5, 0.6) is 5.75 Å². The molecular weight excluding hydrogens is 297 g/mol. The highest BCUT2D eigenvalue weighted by Gasteiger charge is 2.31. The maximum Gasteiger partial charge on any atom is 0.573 e. The van der Waals surface area contributed by atoms with Crippen LogP contribution < -0.4 is 4.74 Å². The van der Waals surface area contributed by atoms with Crippen molar-refractivity contribution in [1.82, 2.24) is 0 Å². The second-order valence-electron chi connectivity index (χ2n) is 4.03. The zero-order valence-corrected chi connectivity index (χ0v) is 11.1. The third kappa shape index (κ3) is 5.03. The van der Waals surface area contributed by atoms with Gasteiger partial charge in [-0.05, 0) is 35.9 Å². The number of ether oxygens (including phenoxy) is 1. The molecule has 20 heavy (non-hydrogen) atoms. The number of carbonyl (C=O) groups is 1. The first kappa shape index (κ1) is 16.8. The van der Waals surface area contributed by atoms with Crippen molar-refractivity contribution >= 4 is 18.9 Å². The topological polar surface area (TPSA) is 66.8 Å². The van der Waals surface area contributed by atoms with E-state index < -0.39 is 24.3 Å². The van der Waals surface area contributed by atoms with Crippen molar-refractivity contribution in [3.8, 4) is 5.75 Å². The van der Waals surface area contributed by atoms with Gasteiger partial charge in [0, 0.05) is 5.56 Å². The van der Waals surface area contributed by atoms with Crippen molar-refractivity contribution < 1.29 is 32.9 Å². The molecule has 1 aromatic rings. The van der Waals surface area contributed by atoms with E-state index in [0.717, 1.165) is 12.1 Å². The third-order valence-electron chi connectivity index (χ3n) is 2.45. The van der Waals surface area contributed by atoms with Gasteiger partial charge in [-0.2, -0.15) is 12.6 Å². The van der Waals surface area contributed by atoms with E-state index in [1.807, 2.05) is 0 Å². The Hall–Kier alpha value is -1.25. The van der Waals surface area contributed by atoms with Crippen LogP contribution in [0.4, 0.5) is 13.2 Å². The smallest absolute Gasteiger partial charge is 0.406 e. The number of aliphatic hydroxyl groups excluding tert-OH is 2. The lowest BCUT2D eigenvalue weighted by atomic mass is 10.0. The van der Waals surface area contributed by atoms with E-state index in [4.69, 9.17) is 0 Å². The summed E-state index contributed by atoms with van der Waals surface area (Å²) in [5, 5.41) is 19.4. The first-order valence-corrected chi connectivity index (χ1v) is 6.23. The van der Waals surface area contributed by atoms with E-state index in [0.29, 0.717) is 6.29 Å². The molecule has 0 amide bonds. The van der Waals surface area contributed by atoms with Gasteiger partial charge in [-0.25, -0.2) is 0 Å². The molecule has 0 heterocycles. The van der Waals surface area contributed by atoms with Gasteiger partial charge < -0.3 is 14.9 Å². The van der Waals surface area contributed by atoms with Gasteiger partial charge in [0.15, 0.2) is 0 Å². The van der Waals surface area contributed by atoms with Crippen molar-refractivity contribution in [1.29, 1.82) is 0 Å². The molecular formula is C12H13F3O4S. The largest absolute Gasteiger partial charge is 0.573 e. The highest BCUT2D eigenvalue weighted by Crippen LogP contribution is 2.28. The molecule has 0 fully saturated rings. The first-order valence-electron chi connectivity index (χ1n) is 5.59. The predicted molar refractivity (Wildman–Crippen MR) is 67.9 cm³/mol. The van der Waals surface area contributed by atoms with Gasteiger partial charge in [-0.1, -0.05) is 0 Å². The molecule has 0 aromatic heterocycles. The summed E-state index contributed by atoms with van der Waals surface area (Å²) in [6.07, 6.45) is -7.08. The van der Waals surface area contributed by atoms with Crippen LogP contribution in [0.2, 0.25) is 0 Å². The van der Waals surface area contributed by atoms with Crippen LogP contribution in [0.15, 0.2) is 18.2 Å². The van der Waals surface area contributed by atoms with Gasteiger partial charge in [0.25, 0.3) is 0 Å². The van der Waals surface area contributed by atoms with Gasteiger partial charge in [-0.3, -0.25) is 4.79 Å². The lowest BCUT2D eigenvalue weighted by Gasteiger charge is -2.19. The maximum atomic E-state index is 12.2. The monoisotopic (exact) mass is 310 g/mol. The van der Waals surface area contributed by atoms with Crippen molar-refractivity contribution in [2.24, 2.45) is 0 Å². The molecule has 0 saturated heterocycles. The Morgan fingerprint density at radius 2 is 1.95 bits per heavy atom. The second kappa shape index (κ2) is 6.96. The van der Waals surface area contributed by atoms with Crippen LogP contribution in [-0.4, -0.2) is 34.7 Å². The van der Waals surface area contributed by atoms with E-state index in [1.54, 1.807) is 0 Å². The molecule has 0 aliphatic carbocycles. The Balaban J connectivity index is 3.07. The number of alkyl halides is 3. The minimum atomic E-state index is -4.91. The molecule has 8 heteroatoms. The minimum absolute atomic E-state index is 0.0388. The van der Waals surface area contributed by atoms with E-state index in [9.17, 15) is 28.2 Å². The van der Waals surface area contributed by atoms with Gasteiger partial charge >= 0.3 is 6.36 Å². The summed E-state index contributed by atoms with van der Waals surface area (Å²) in [5.74, 6) is -0.341. The number of halogens is 3. The maximum absolute atomic E-state index is 12.2. The van der Waals surface area contributed by atoms with Crippen molar-refractivity contribution in [2.75, 3.05) is 5.75 Å². The Morgan fingerprint density at radius 1 is 1.30 bits per heavy atom. The lowest BCUT2D eigenvalue weighted by Crippen LogP contribution is -2.20. The standard InChI is InChI=1S/C12H13F3O4S/c13-12(14,15)19-9-4-7(6-16)3-8(5-9)11(18)10(17)1-2-20/h3-6,10-11,17-18,20H,1-2H2. The fourth-order valence-corrected chi connectivity index (χ4v) is 1.85. The Kier molecular flexibility index (Phi) is 5.85. The number of carbonyl (C=O) groups excluding carboxylic acids is 1. The van der Waals surface area contributed by atoms with E-state index in [-0.39, 0.29) is 23.3 Å². The molecule has 112 valence electrons. The molecule has 0 aliphatic rings. The van der Waals surface area contributed by atoms with Gasteiger partial charge in [-0.15, -0.1) is 13.2 Å². The molecule has 2 N–H and O–H groups in total. The highest BCUT2D eigenvalue weighted by atomic mass is 32.1. The zero-order chi connectivity index (χ0) is 15.3. The first-order chi connectivity index (χ1) is 9.26. The predicted octanol–water partition coefficient (Wildman–Crippen LogP) is 2.11. The van der Waals surface area contributed by atoms with Crippen LogP contribution in [-0.2, 0) is 0 Å². The summed E-state index contributed by atoms with van der Waals surface area (Å²) in [6.45, 7) is 0. The van der Waals surface area contributed by atoms with Crippen LogP contribution in [0.25, 0.3) is 0 Å². The lowest BCUT2D eigenvalue weighted by molar-refractivity contribution is -0.274. The van der Waals surface area contributed by atoms with Gasteiger partial charge in [0.1, 0.15) is 18.1 Å². The number of aldehydes is 1. The van der Waals surface area contributed by atoms with E-state index >= 15 is 0 Å². The quantitative estimate of drug-likeness (QED) is 0.556. The van der Waals surface area contributed by atoms with Crippen LogP contribution >= 0.6 is 12.6 Å². The zero-order valence-electron chi connectivity index (χ0n) is 10.2. The van der Waals surface area contributed by atoms with E-state index in [2.05, 4.69) is 17.4 Å².